The monoisotopic (exact) mass is 482 g/mol. The van der Waals surface area contributed by atoms with Crippen LogP contribution in [0.5, 0.6) is 0 Å². The molecule has 0 saturated carbocycles. The smallest absolute Gasteiger partial charge is 0.251 e. The van der Waals surface area contributed by atoms with Crippen molar-refractivity contribution in [1.29, 1.82) is 5.26 Å². The Morgan fingerprint density at radius 3 is 2.65 bits per heavy atom. The lowest BCUT2D eigenvalue weighted by Gasteiger charge is -2.17. The minimum absolute atomic E-state index is 0.107. The first kappa shape index (κ1) is 23.3. The average molecular weight is 483 g/mol. The normalized spacial score (nSPS) is 14.6. The van der Waals surface area contributed by atoms with Gasteiger partial charge in [0.15, 0.2) is 0 Å². The zero-order chi connectivity index (χ0) is 24.3. The standard InChI is InChI=1S/C23H23FN6O3S/c24-17-7-9-18(10-8-17)30-22(26)20(15-25)21(28-30)6-2-11-27-23(31)16-4-1-5-19(14-16)29-12-3-13-34(29,32)33/h1,4-5,7-10,14H,2-3,6,11-13,26H2,(H,27,31). The molecule has 0 unspecified atom stereocenters. The molecule has 1 saturated heterocycles. The van der Waals surface area contributed by atoms with E-state index in [0.717, 1.165) is 0 Å². The van der Waals surface area contributed by atoms with Crippen molar-refractivity contribution < 1.29 is 17.6 Å². The molecule has 1 aliphatic rings. The zero-order valence-corrected chi connectivity index (χ0v) is 19.1. The molecule has 11 heteroatoms. The Bertz CT molecular complexity index is 1360. The van der Waals surface area contributed by atoms with Crippen LogP contribution in [-0.2, 0) is 16.4 Å². The topological polar surface area (TPSA) is 134 Å². The van der Waals surface area contributed by atoms with Crippen LogP contribution >= 0.6 is 0 Å². The van der Waals surface area contributed by atoms with Gasteiger partial charge in [-0.15, -0.1) is 0 Å². The molecule has 1 amide bonds. The molecule has 0 spiro atoms. The summed E-state index contributed by atoms with van der Waals surface area (Å²) in [6.07, 6.45) is 1.46. The summed E-state index contributed by atoms with van der Waals surface area (Å²) in [6, 6.07) is 14.2. The van der Waals surface area contributed by atoms with Crippen molar-refractivity contribution in [2.75, 3.05) is 28.9 Å². The molecule has 0 atom stereocenters. The Hall–Kier alpha value is -3.91. The molecule has 176 valence electrons. The van der Waals surface area contributed by atoms with Crippen LogP contribution in [0.2, 0.25) is 0 Å². The Kier molecular flexibility index (Phi) is 6.51. The predicted octanol–water partition coefficient (Wildman–Crippen LogP) is 2.37. The average Bonchev–Trinajstić information content (AvgIpc) is 3.35. The lowest BCUT2D eigenvalue weighted by molar-refractivity contribution is 0.0953. The molecule has 1 fully saturated rings. The second-order valence-corrected chi connectivity index (χ2v) is 9.87. The van der Waals surface area contributed by atoms with Gasteiger partial charge < -0.3 is 11.1 Å². The Balaban J connectivity index is 1.38. The summed E-state index contributed by atoms with van der Waals surface area (Å²) in [4.78, 5) is 12.6. The molecule has 3 aromatic rings. The van der Waals surface area contributed by atoms with Gasteiger partial charge in [-0.3, -0.25) is 9.10 Å². The number of nitriles is 1. The first-order chi connectivity index (χ1) is 16.3. The second-order valence-electron chi connectivity index (χ2n) is 7.86. The maximum absolute atomic E-state index is 13.2. The van der Waals surface area contributed by atoms with Crippen molar-refractivity contribution >= 4 is 27.4 Å². The molecule has 1 aromatic heterocycles. The molecule has 4 rings (SSSR count). The number of halogens is 1. The van der Waals surface area contributed by atoms with E-state index < -0.39 is 15.8 Å². The van der Waals surface area contributed by atoms with Gasteiger partial charge in [-0.2, -0.15) is 10.4 Å². The Morgan fingerprint density at radius 2 is 1.97 bits per heavy atom. The molecule has 3 N–H and O–H groups in total. The molecule has 2 aromatic carbocycles. The third-order valence-electron chi connectivity index (χ3n) is 5.55. The van der Waals surface area contributed by atoms with E-state index in [1.54, 1.807) is 24.3 Å². The first-order valence-electron chi connectivity index (χ1n) is 10.7. The maximum Gasteiger partial charge on any atom is 0.251 e. The van der Waals surface area contributed by atoms with Gasteiger partial charge in [0, 0.05) is 18.7 Å². The van der Waals surface area contributed by atoms with Crippen LogP contribution in [0.4, 0.5) is 15.9 Å². The Labute approximate surface area is 196 Å². The molecular weight excluding hydrogens is 459 g/mol. The van der Waals surface area contributed by atoms with Gasteiger partial charge in [0.05, 0.1) is 22.8 Å². The number of anilines is 2. The largest absolute Gasteiger partial charge is 0.382 e. The summed E-state index contributed by atoms with van der Waals surface area (Å²) in [5.41, 5.74) is 8.17. The van der Waals surface area contributed by atoms with E-state index >= 15 is 0 Å². The molecule has 0 aliphatic carbocycles. The summed E-state index contributed by atoms with van der Waals surface area (Å²) in [5.74, 6) is -0.439. The van der Waals surface area contributed by atoms with Crippen molar-refractivity contribution in [3.8, 4) is 11.8 Å². The van der Waals surface area contributed by atoms with Gasteiger partial charge >= 0.3 is 0 Å². The van der Waals surface area contributed by atoms with Crippen LogP contribution < -0.4 is 15.4 Å². The Morgan fingerprint density at radius 1 is 1.21 bits per heavy atom. The minimum atomic E-state index is -3.33. The van der Waals surface area contributed by atoms with E-state index in [1.807, 2.05) is 0 Å². The van der Waals surface area contributed by atoms with Crippen LogP contribution in [0.1, 0.15) is 34.5 Å². The first-order valence-corrected chi connectivity index (χ1v) is 12.3. The number of carbonyl (C=O) groups excluding carboxylic acids is 1. The molecule has 34 heavy (non-hydrogen) atoms. The summed E-state index contributed by atoms with van der Waals surface area (Å²) < 4.78 is 40.2. The number of rotatable bonds is 7. The van der Waals surface area contributed by atoms with Gasteiger partial charge in [0.25, 0.3) is 5.91 Å². The predicted molar refractivity (Wildman–Crippen MR) is 125 cm³/mol. The van der Waals surface area contributed by atoms with Crippen LogP contribution in [0.15, 0.2) is 48.5 Å². The summed E-state index contributed by atoms with van der Waals surface area (Å²) in [5, 5.41) is 16.7. The maximum atomic E-state index is 13.2. The van der Waals surface area contributed by atoms with E-state index in [2.05, 4.69) is 16.5 Å². The molecule has 0 radical (unpaired) electrons. The number of amides is 1. The van der Waals surface area contributed by atoms with Gasteiger partial charge in [-0.05, 0) is 61.7 Å². The number of carbonyl (C=O) groups is 1. The minimum Gasteiger partial charge on any atom is -0.382 e. The number of nitrogens with two attached hydrogens (primary N) is 1. The highest BCUT2D eigenvalue weighted by Gasteiger charge is 2.28. The van der Waals surface area contributed by atoms with Gasteiger partial charge in [-0.25, -0.2) is 17.5 Å². The molecule has 0 bridgehead atoms. The van der Waals surface area contributed by atoms with Crippen LogP contribution in [0.25, 0.3) is 5.69 Å². The fourth-order valence-electron chi connectivity index (χ4n) is 3.85. The third kappa shape index (κ3) is 4.72. The number of nitrogen functional groups attached to an aromatic ring is 1. The molecular formula is C23H23FN6O3S. The number of aryl methyl sites for hydroxylation is 1. The molecule has 2 heterocycles. The van der Waals surface area contributed by atoms with Gasteiger partial charge in [0.2, 0.25) is 10.0 Å². The highest BCUT2D eigenvalue weighted by Crippen LogP contribution is 2.25. The van der Waals surface area contributed by atoms with E-state index in [4.69, 9.17) is 5.73 Å². The number of benzene rings is 2. The fraction of sp³-hybridized carbons (Fsp3) is 0.261. The van der Waals surface area contributed by atoms with Gasteiger partial charge in [0.1, 0.15) is 23.3 Å². The fourth-order valence-corrected chi connectivity index (χ4v) is 5.40. The van der Waals surface area contributed by atoms with Crippen LogP contribution in [-0.4, -0.2) is 42.9 Å². The van der Waals surface area contributed by atoms with Crippen LogP contribution in [0, 0.1) is 17.1 Å². The zero-order valence-electron chi connectivity index (χ0n) is 18.2. The number of sulfonamides is 1. The van der Waals surface area contributed by atoms with Crippen molar-refractivity contribution in [1.82, 2.24) is 15.1 Å². The SMILES string of the molecule is N#Cc1c(CCCNC(=O)c2cccc(N3CCCS3(=O)=O)c2)nn(-c2ccc(F)cc2)c1N. The van der Waals surface area contributed by atoms with E-state index in [9.17, 15) is 22.9 Å². The number of aromatic nitrogens is 2. The highest BCUT2D eigenvalue weighted by atomic mass is 32.2. The van der Waals surface area contributed by atoms with E-state index in [1.165, 1.54) is 33.3 Å². The molecule has 1 aliphatic heterocycles. The highest BCUT2D eigenvalue weighted by molar-refractivity contribution is 7.93. The van der Waals surface area contributed by atoms with Crippen molar-refractivity contribution in [2.24, 2.45) is 0 Å². The lowest BCUT2D eigenvalue weighted by Crippen LogP contribution is -2.27. The summed E-state index contributed by atoms with van der Waals surface area (Å²) in [6.45, 7) is 0.724. The lowest BCUT2D eigenvalue weighted by atomic mass is 10.1. The summed E-state index contributed by atoms with van der Waals surface area (Å²) in [7, 11) is -3.33. The van der Waals surface area contributed by atoms with E-state index in [0.29, 0.717) is 55.0 Å². The van der Waals surface area contributed by atoms with Crippen molar-refractivity contribution in [3.05, 3.63) is 71.2 Å². The third-order valence-corrected chi connectivity index (χ3v) is 7.42. The number of hydrogen-bond donors (Lipinski definition) is 2. The number of nitrogens with zero attached hydrogens (tertiary/aromatic N) is 4. The van der Waals surface area contributed by atoms with Gasteiger partial charge in [-0.1, -0.05) is 6.07 Å². The number of nitrogens with one attached hydrogen (secondary N) is 1. The summed E-state index contributed by atoms with van der Waals surface area (Å²) >= 11 is 0. The molecule has 9 nitrogen and oxygen atoms in total. The van der Waals surface area contributed by atoms with Crippen molar-refractivity contribution in [3.63, 3.8) is 0 Å². The quantitative estimate of drug-likeness (QED) is 0.497. The van der Waals surface area contributed by atoms with Crippen LogP contribution in [0.3, 0.4) is 0 Å². The number of hydrogen-bond acceptors (Lipinski definition) is 6. The second kappa shape index (κ2) is 9.52. The van der Waals surface area contributed by atoms with Crippen molar-refractivity contribution in [2.45, 2.75) is 19.3 Å². The van der Waals surface area contributed by atoms with E-state index in [-0.39, 0.29) is 23.0 Å².